The van der Waals surface area contributed by atoms with Crippen molar-refractivity contribution in [3.05, 3.63) is 0 Å². The Morgan fingerprint density at radius 2 is 1.60 bits per heavy atom. The van der Waals surface area contributed by atoms with Crippen LogP contribution in [0.25, 0.3) is 0 Å². The molecule has 1 N–H and O–H groups in total. The number of rotatable bonds is 3. The van der Waals surface area contributed by atoms with Gasteiger partial charge in [-0.15, -0.1) is 0 Å². The van der Waals surface area contributed by atoms with Crippen LogP contribution in [0.5, 0.6) is 0 Å². The molecule has 0 aromatic rings. The molecule has 0 fully saturated rings. The molecule has 0 aliphatic rings. The predicted octanol–water partition coefficient (Wildman–Crippen LogP) is 1.22. The molecule has 59 valence electrons. The lowest BCUT2D eigenvalue weighted by molar-refractivity contribution is -0.0899. The highest BCUT2D eigenvalue weighted by Gasteiger charge is 2.34. The van der Waals surface area contributed by atoms with Crippen LogP contribution in [0.4, 0.5) is 0 Å². The maximum Gasteiger partial charge on any atom is 0.289 e. The van der Waals surface area contributed by atoms with Crippen LogP contribution in [0.1, 0.15) is 27.7 Å². The molecule has 0 aromatic carbocycles. The van der Waals surface area contributed by atoms with Gasteiger partial charge in [0.15, 0.2) is 0 Å². The zero-order chi connectivity index (χ0) is 8.41. The topological polar surface area (TPSA) is 29.5 Å². The van der Waals surface area contributed by atoms with Crippen molar-refractivity contribution in [3.8, 4) is 0 Å². The molecule has 0 rings (SSSR count). The summed E-state index contributed by atoms with van der Waals surface area (Å²) >= 11 is 0. The van der Waals surface area contributed by atoms with E-state index in [1.54, 1.807) is 28.2 Å². The van der Waals surface area contributed by atoms with Crippen LogP contribution < -0.4 is 0 Å². The van der Waals surface area contributed by atoms with E-state index in [9.17, 15) is 5.11 Å². The molecule has 0 unspecified atom stereocenters. The van der Waals surface area contributed by atoms with Gasteiger partial charge in [0.05, 0.1) is 11.2 Å². The van der Waals surface area contributed by atoms with Gasteiger partial charge < -0.3 is 9.76 Å². The zero-order valence-corrected chi connectivity index (χ0v) is 7.43. The molecule has 3 heteroatoms. The molecule has 2 nitrogen and oxygen atoms in total. The quantitative estimate of drug-likeness (QED) is 0.602. The minimum Gasteiger partial charge on any atom is -0.433 e. The molecule has 0 saturated heterocycles. The highest BCUT2D eigenvalue weighted by atomic mass is 16.5. The molecule has 0 saturated carbocycles. The first-order valence-electron chi connectivity index (χ1n) is 3.49. The maximum atomic E-state index is 9.53. The fourth-order valence-electron chi connectivity index (χ4n) is 0.439. The van der Waals surface area contributed by atoms with Crippen molar-refractivity contribution in [1.82, 2.24) is 0 Å². The predicted molar refractivity (Wildman–Crippen MR) is 43.1 cm³/mol. The monoisotopic (exact) mass is 143 g/mol. The van der Waals surface area contributed by atoms with Crippen LogP contribution in [-0.2, 0) is 4.65 Å². The molecule has 0 heterocycles. The van der Waals surface area contributed by atoms with Crippen molar-refractivity contribution >= 4 is 7.48 Å². The average molecular weight is 143 g/mol. The van der Waals surface area contributed by atoms with E-state index in [0.29, 0.717) is 0 Å². The minimum absolute atomic E-state index is 0.512. The second-order valence-electron chi connectivity index (χ2n) is 3.42. The third kappa shape index (κ3) is 2.31. The van der Waals surface area contributed by atoms with Gasteiger partial charge >= 0.3 is 0 Å². The summed E-state index contributed by atoms with van der Waals surface area (Å²) in [5, 5.41) is 9.53. The SMILES string of the molecule is C[B]OC(C)(C)C(C)(C)O. The third-order valence-electron chi connectivity index (χ3n) is 1.89. The van der Waals surface area contributed by atoms with Crippen LogP contribution in [0.15, 0.2) is 0 Å². The molecule has 0 spiro atoms. The standard InChI is InChI=1S/C7H16BO2/c1-6(2,9)7(3,4)10-8-5/h9H,1-5H3. The highest BCUT2D eigenvalue weighted by molar-refractivity contribution is 6.25. The van der Waals surface area contributed by atoms with E-state index >= 15 is 0 Å². The van der Waals surface area contributed by atoms with Crippen molar-refractivity contribution in [2.45, 2.75) is 45.7 Å². The average Bonchev–Trinajstić information content (AvgIpc) is 1.61. The van der Waals surface area contributed by atoms with Gasteiger partial charge in [-0.3, -0.25) is 0 Å². The molecule has 10 heavy (non-hydrogen) atoms. The highest BCUT2D eigenvalue weighted by Crippen LogP contribution is 2.23. The fourth-order valence-corrected chi connectivity index (χ4v) is 0.439. The van der Waals surface area contributed by atoms with Crippen molar-refractivity contribution < 1.29 is 9.76 Å². The number of hydrogen-bond acceptors (Lipinski definition) is 2. The summed E-state index contributed by atoms with van der Waals surface area (Å²) in [5.74, 6) is 0. The van der Waals surface area contributed by atoms with E-state index in [2.05, 4.69) is 0 Å². The van der Waals surface area contributed by atoms with E-state index in [1.165, 1.54) is 0 Å². The lowest BCUT2D eigenvalue weighted by atomic mass is 9.87. The molecule has 0 aliphatic carbocycles. The smallest absolute Gasteiger partial charge is 0.289 e. The second kappa shape index (κ2) is 2.93. The van der Waals surface area contributed by atoms with Crippen molar-refractivity contribution in [2.75, 3.05) is 0 Å². The van der Waals surface area contributed by atoms with Crippen LogP contribution in [-0.4, -0.2) is 23.8 Å². The van der Waals surface area contributed by atoms with Crippen LogP contribution in [0, 0.1) is 0 Å². The van der Waals surface area contributed by atoms with Gasteiger partial charge in [-0.2, -0.15) is 0 Å². The maximum absolute atomic E-state index is 9.53. The van der Waals surface area contributed by atoms with Crippen molar-refractivity contribution in [3.63, 3.8) is 0 Å². The largest absolute Gasteiger partial charge is 0.433 e. The third-order valence-corrected chi connectivity index (χ3v) is 1.89. The summed E-state index contributed by atoms with van der Waals surface area (Å²) in [7, 11) is 1.60. The number of aliphatic hydroxyl groups is 1. The first kappa shape index (κ1) is 9.98. The van der Waals surface area contributed by atoms with Crippen LogP contribution >= 0.6 is 0 Å². The van der Waals surface area contributed by atoms with Gasteiger partial charge in [0, 0.05) is 0 Å². The Morgan fingerprint density at radius 1 is 1.20 bits per heavy atom. The van der Waals surface area contributed by atoms with Gasteiger partial charge in [0.25, 0.3) is 7.48 Å². The van der Waals surface area contributed by atoms with Gasteiger partial charge in [-0.25, -0.2) is 0 Å². The Kier molecular flexibility index (Phi) is 2.92. The lowest BCUT2D eigenvalue weighted by Crippen LogP contribution is -2.47. The van der Waals surface area contributed by atoms with E-state index in [1.807, 2.05) is 13.8 Å². The van der Waals surface area contributed by atoms with Crippen LogP contribution in [0.2, 0.25) is 6.82 Å². The van der Waals surface area contributed by atoms with E-state index in [0.717, 1.165) is 0 Å². The van der Waals surface area contributed by atoms with Gasteiger partial charge in [0.1, 0.15) is 0 Å². The fraction of sp³-hybridized carbons (Fsp3) is 1.00. The van der Waals surface area contributed by atoms with E-state index in [4.69, 9.17) is 4.65 Å². The molecule has 0 amide bonds. The van der Waals surface area contributed by atoms with Gasteiger partial charge in [0.2, 0.25) is 0 Å². The zero-order valence-electron chi connectivity index (χ0n) is 7.43. The molecule has 0 atom stereocenters. The minimum atomic E-state index is -0.806. The lowest BCUT2D eigenvalue weighted by Gasteiger charge is -2.37. The summed E-state index contributed by atoms with van der Waals surface area (Å²) < 4.78 is 5.22. The van der Waals surface area contributed by atoms with E-state index in [-0.39, 0.29) is 0 Å². The summed E-state index contributed by atoms with van der Waals surface area (Å²) in [4.78, 5) is 0. The molecular formula is C7H16BO2. The van der Waals surface area contributed by atoms with Gasteiger partial charge in [-0.05, 0) is 27.7 Å². The Morgan fingerprint density at radius 3 is 1.70 bits per heavy atom. The Labute approximate surface area is 63.9 Å². The molecule has 0 aliphatic heterocycles. The van der Waals surface area contributed by atoms with Crippen molar-refractivity contribution in [1.29, 1.82) is 0 Å². The summed E-state index contributed by atoms with van der Waals surface area (Å²) in [6, 6.07) is 0. The first-order valence-corrected chi connectivity index (χ1v) is 3.49. The summed E-state index contributed by atoms with van der Waals surface area (Å²) in [6.45, 7) is 8.97. The Hall–Kier alpha value is -0.0151. The van der Waals surface area contributed by atoms with Crippen molar-refractivity contribution in [2.24, 2.45) is 0 Å². The molecular weight excluding hydrogens is 127 g/mol. The first-order chi connectivity index (χ1) is 4.31. The number of hydrogen-bond donors (Lipinski definition) is 1. The summed E-state index contributed by atoms with van der Waals surface area (Å²) in [5.41, 5.74) is -1.32. The normalized spacial score (nSPS) is 13.4. The molecule has 0 aromatic heterocycles. The molecule has 1 radical (unpaired) electrons. The van der Waals surface area contributed by atoms with Gasteiger partial charge in [-0.1, -0.05) is 6.82 Å². The Bertz CT molecular complexity index is 105. The molecule has 0 bridgehead atoms. The van der Waals surface area contributed by atoms with E-state index < -0.39 is 11.2 Å². The second-order valence-corrected chi connectivity index (χ2v) is 3.42. The van der Waals surface area contributed by atoms with Crippen LogP contribution in [0.3, 0.4) is 0 Å². The summed E-state index contributed by atoms with van der Waals surface area (Å²) in [6.07, 6.45) is 0. The Balaban J connectivity index is 4.10.